The lowest BCUT2D eigenvalue weighted by atomic mass is 10.2. The predicted octanol–water partition coefficient (Wildman–Crippen LogP) is 4.70. The first-order valence-corrected chi connectivity index (χ1v) is 7.04. The van der Waals surface area contributed by atoms with Gasteiger partial charge in [0.15, 0.2) is 0 Å². The van der Waals surface area contributed by atoms with Crippen LogP contribution in [0, 0.1) is 0 Å². The Balaban J connectivity index is 2.40. The van der Waals surface area contributed by atoms with E-state index in [2.05, 4.69) is 42.2 Å². The zero-order valence-corrected chi connectivity index (χ0v) is 13.3. The van der Waals surface area contributed by atoms with Gasteiger partial charge in [-0.25, -0.2) is 9.78 Å². The van der Waals surface area contributed by atoms with Crippen LogP contribution in [0.15, 0.2) is 39.4 Å². The normalized spacial score (nSPS) is 10.3. The minimum atomic E-state index is -1.05. The molecule has 19 heavy (non-hydrogen) atoms. The molecule has 0 amide bonds. The predicted molar refractivity (Wildman–Crippen MR) is 81.3 cm³/mol. The number of aromatic nitrogens is 1. The molecule has 1 aromatic carbocycles. The number of pyridine rings is 1. The van der Waals surface area contributed by atoms with Crippen molar-refractivity contribution in [2.45, 2.75) is 0 Å². The number of halogens is 3. The average Bonchev–Trinajstić information content (AvgIpc) is 2.34. The molecule has 0 atom stereocenters. The van der Waals surface area contributed by atoms with E-state index in [1.807, 2.05) is 0 Å². The topological polar surface area (TPSA) is 62.2 Å². The third-order valence-corrected chi connectivity index (χ3v) is 3.59. The number of carbonyl (C=O) groups is 1. The quantitative estimate of drug-likeness (QED) is 0.776. The lowest BCUT2D eigenvalue weighted by Crippen LogP contribution is -2.05. The molecular formula is C12H7Br2ClN2O2. The highest BCUT2D eigenvalue weighted by Gasteiger charge is 2.13. The van der Waals surface area contributed by atoms with Crippen LogP contribution in [0.3, 0.4) is 0 Å². The lowest BCUT2D eigenvalue weighted by molar-refractivity contribution is 0.0697. The number of aromatic carboxylic acids is 1. The second kappa shape index (κ2) is 5.90. The number of benzene rings is 1. The number of hydrogen-bond acceptors (Lipinski definition) is 3. The number of nitrogens with zero attached hydrogens (tertiary/aromatic N) is 1. The summed E-state index contributed by atoms with van der Waals surface area (Å²) in [6.07, 6.45) is 1.53. The highest BCUT2D eigenvalue weighted by Crippen LogP contribution is 2.29. The highest BCUT2D eigenvalue weighted by molar-refractivity contribution is 9.10. The van der Waals surface area contributed by atoms with Crippen molar-refractivity contribution in [3.05, 3.63) is 50.0 Å². The van der Waals surface area contributed by atoms with Crippen molar-refractivity contribution in [1.82, 2.24) is 4.98 Å². The van der Waals surface area contributed by atoms with Gasteiger partial charge in [-0.1, -0.05) is 11.6 Å². The summed E-state index contributed by atoms with van der Waals surface area (Å²) in [6.45, 7) is 0. The molecule has 0 bridgehead atoms. The molecule has 0 saturated carbocycles. The van der Waals surface area contributed by atoms with E-state index < -0.39 is 5.97 Å². The molecule has 2 rings (SSSR count). The van der Waals surface area contributed by atoms with Gasteiger partial charge in [0.25, 0.3) is 0 Å². The summed E-state index contributed by atoms with van der Waals surface area (Å²) in [5.74, 6) is -0.792. The Kier molecular flexibility index (Phi) is 4.44. The Morgan fingerprint density at radius 1 is 1.32 bits per heavy atom. The molecule has 0 spiro atoms. The fourth-order valence-corrected chi connectivity index (χ4v) is 2.53. The van der Waals surface area contributed by atoms with Crippen molar-refractivity contribution in [1.29, 1.82) is 0 Å². The molecule has 0 unspecified atom stereocenters. The zero-order valence-electron chi connectivity index (χ0n) is 9.32. The molecule has 1 heterocycles. The summed E-state index contributed by atoms with van der Waals surface area (Å²) in [7, 11) is 0. The summed E-state index contributed by atoms with van der Waals surface area (Å²) in [4.78, 5) is 15.2. The maximum absolute atomic E-state index is 11.2. The minimum Gasteiger partial charge on any atom is -0.478 e. The molecule has 1 aromatic heterocycles. The molecule has 0 aliphatic heterocycles. The van der Waals surface area contributed by atoms with Crippen LogP contribution >= 0.6 is 43.5 Å². The minimum absolute atomic E-state index is 0.0798. The standard InChI is InChI=1S/C12H7Br2ClN2O2/c13-6-3-8(12(18)19)11(16-5-6)17-10-2-1-7(15)4-9(10)14/h1-5H,(H,16,17)(H,18,19). The van der Waals surface area contributed by atoms with Gasteiger partial charge in [0, 0.05) is 20.2 Å². The maximum Gasteiger partial charge on any atom is 0.339 e. The van der Waals surface area contributed by atoms with Gasteiger partial charge in [-0.3, -0.25) is 0 Å². The number of hydrogen-bond donors (Lipinski definition) is 2. The molecule has 0 aliphatic carbocycles. The third kappa shape index (κ3) is 3.46. The largest absolute Gasteiger partial charge is 0.478 e. The van der Waals surface area contributed by atoms with Crippen molar-refractivity contribution in [3.63, 3.8) is 0 Å². The molecule has 0 saturated heterocycles. The first-order chi connectivity index (χ1) is 8.97. The van der Waals surface area contributed by atoms with Crippen LogP contribution in [0.1, 0.15) is 10.4 Å². The number of rotatable bonds is 3. The number of carboxylic acids is 1. The van der Waals surface area contributed by atoms with Gasteiger partial charge in [0.1, 0.15) is 11.4 Å². The van der Waals surface area contributed by atoms with Gasteiger partial charge in [0.05, 0.1) is 5.69 Å². The molecule has 2 N–H and O–H groups in total. The molecular weight excluding hydrogens is 399 g/mol. The second-order valence-electron chi connectivity index (χ2n) is 3.60. The molecule has 7 heteroatoms. The van der Waals surface area contributed by atoms with Gasteiger partial charge in [-0.05, 0) is 56.1 Å². The van der Waals surface area contributed by atoms with Crippen molar-refractivity contribution in [3.8, 4) is 0 Å². The molecule has 0 fully saturated rings. The number of carboxylic acid groups (broad SMARTS) is 1. The van der Waals surface area contributed by atoms with Crippen LogP contribution < -0.4 is 5.32 Å². The van der Waals surface area contributed by atoms with Crippen LogP contribution in [0.25, 0.3) is 0 Å². The molecule has 0 aliphatic rings. The van der Waals surface area contributed by atoms with Gasteiger partial charge in [0.2, 0.25) is 0 Å². The summed E-state index contributed by atoms with van der Waals surface area (Å²) in [6, 6.07) is 6.64. The second-order valence-corrected chi connectivity index (χ2v) is 5.81. The lowest BCUT2D eigenvalue weighted by Gasteiger charge is -2.10. The van der Waals surface area contributed by atoms with Gasteiger partial charge >= 0.3 is 5.97 Å². The first kappa shape index (κ1) is 14.3. The Morgan fingerprint density at radius 3 is 2.68 bits per heavy atom. The average molecular weight is 406 g/mol. The van der Waals surface area contributed by atoms with Crippen LogP contribution in [-0.2, 0) is 0 Å². The molecule has 98 valence electrons. The van der Waals surface area contributed by atoms with Crippen LogP contribution in [0.2, 0.25) is 5.02 Å². The molecule has 4 nitrogen and oxygen atoms in total. The number of anilines is 2. The van der Waals surface area contributed by atoms with Crippen molar-refractivity contribution < 1.29 is 9.90 Å². The van der Waals surface area contributed by atoms with Crippen molar-refractivity contribution >= 4 is 60.9 Å². The van der Waals surface area contributed by atoms with E-state index in [9.17, 15) is 4.79 Å². The smallest absolute Gasteiger partial charge is 0.339 e. The highest BCUT2D eigenvalue weighted by atomic mass is 79.9. The monoisotopic (exact) mass is 404 g/mol. The van der Waals surface area contributed by atoms with Crippen molar-refractivity contribution in [2.75, 3.05) is 5.32 Å². The van der Waals surface area contributed by atoms with Gasteiger partial charge < -0.3 is 10.4 Å². The summed E-state index contributed by atoms with van der Waals surface area (Å²) >= 11 is 12.4. The van der Waals surface area contributed by atoms with E-state index in [1.165, 1.54) is 12.3 Å². The maximum atomic E-state index is 11.2. The Labute approximate surface area is 131 Å². The van der Waals surface area contributed by atoms with Crippen molar-refractivity contribution in [2.24, 2.45) is 0 Å². The van der Waals surface area contributed by atoms with E-state index in [0.717, 1.165) is 4.47 Å². The van der Waals surface area contributed by atoms with Gasteiger partial charge in [-0.15, -0.1) is 0 Å². The fourth-order valence-electron chi connectivity index (χ4n) is 1.42. The Hall–Kier alpha value is -1.11. The Bertz CT molecular complexity index is 650. The van der Waals surface area contributed by atoms with E-state index in [1.54, 1.807) is 18.2 Å². The van der Waals surface area contributed by atoms with Crippen LogP contribution in [0.5, 0.6) is 0 Å². The van der Waals surface area contributed by atoms with E-state index in [-0.39, 0.29) is 11.4 Å². The van der Waals surface area contributed by atoms with Crippen LogP contribution in [0.4, 0.5) is 11.5 Å². The first-order valence-electron chi connectivity index (χ1n) is 5.08. The summed E-state index contributed by atoms with van der Waals surface area (Å²) < 4.78 is 1.33. The SMILES string of the molecule is O=C(O)c1cc(Br)cnc1Nc1ccc(Cl)cc1Br. The van der Waals surface area contributed by atoms with E-state index in [4.69, 9.17) is 16.7 Å². The summed E-state index contributed by atoms with van der Waals surface area (Å²) in [5, 5.41) is 12.7. The molecule has 2 aromatic rings. The van der Waals surface area contributed by atoms with E-state index >= 15 is 0 Å². The molecule has 0 radical (unpaired) electrons. The fraction of sp³-hybridized carbons (Fsp3) is 0. The van der Waals surface area contributed by atoms with Gasteiger partial charge in [-0.2, -0.15) is 0 Å². The third-order valence-electron chi connectivity index (χ3n) is 2.27. The number of nitrogens with one attached hydrogen (secondary N) is 1. The van der Waals surface area contributed by atoms with Crippen LogP contribution in [-0.4, -0.2) is 16.1 Å². The summed E-state index contributed by atoms with van der Waals surface area (Å²) in [5.41, 5.74) is 0.762. The van der Waals surface area contributed by atoms with E-state index in [0.29, 0.717) is 15.2 Å². The zero-order chi connectivity index (χ0) is 14.0. The Morgan fingerprint density at radius 2 is 2.05 bits per heavy atom.